The number of rotatable bonds is 5. The van der Waals surface area contributed by atoms with Crippen LogP contribution in [0.2, 0.25) is 0 Å². The predicted octanol–water partition coefficient (Wildman–Crippen LogP) is 3.43. The lowest BCUT2D eigenvalue weighted by atomic mass is 9.99. The van der Waals surface area contributed by atoms with E-state index in [2.05, 4.69) is 0 Å². The third kappa shape index (κ3) is 3.52. The van der Waals surface area contributed by atoms with E-state index in [0.717, 1.165) is 11.1 Å². The van der Waals surface area contributed by atoms with Crippen LogP contribution in [0.4, 0.5) is 4.39 Å². The molecule has 0 aromatic heterocycles. The molecule has 0 amide bonds. The molecular weight excluding hydrogens is 271 g/mol. The van der Waals surface area contributed by atoms with Crippen LogP contribution in [0.5, 0.6) is 11.5 Å². The number of halogens is 1. The second-order valence-corrected chi connectivity index (χ2v) is 4.93. The number of hydrogen-bond acceptors (Lipinski definition) is 3. The Morgan fingerprint density at radius 1 is 1.05 bits per heavy atom. The van der Waals surface area contributed by atoms with Gasteiger partial charge in [-0.05, 0) is 36.2 Å². The van der Waals surface area contributed by atoms with Crippen LogP contribution in [-0.4, -0.2) is 19.3 Å². The van der Waals surface area contributed by atoms with Crippen LogP contribution in [0.15, 0.2) is 36.4 Å². The molecule has 21 heavy (non-hydrogen) atoms. The van der Waals surface area contributed by atoms with Gasteiger partial charge in [0.1, 0.15) is 5.75 Å². The SMILES string of the molecule is COc1ccc(C(O)Cc2cc(C)ccc2OC)cc1F. The second kappa shape index (κ2) is 6.59. The van der Waals surface area contributed by atoms with Crippen LogP contribution in [0.1, 0.15) is 22.8 Å². The smallest absolute Gasteiger partial charge is 0.165 e. The summed E-state index contributed by atoms with van der Waals surface area (Å²) in [5.74, 6) is 0.401. The van der Waals surface area contributed by atoms with Crippen molar-refractivity contribution in [2.24, 2.45) is 0 Å². The third-order valence-electron chi connectivity index (χ3n) is 3.41. The Kier molecular flexibility index (Phi) is 4.81. The van der Waals surface area contributed by atoms with Crippen LogP contribution in [-0.2, 0) is 6.42 Å². The average Bonchev–Trinajstić information content (AvgIpc) is 2.47. The maximum Gasteiger partial charge on any atom is 0.165 e. The molecule has 0 aliphatic rings. The highest BCUT2D eigenvalue weighted by Gasteiger charge is 2.14. The van der Waals surface area contributed by atoms with Gasteiger partial charge >= 0.3 is 0 Å². The standard InChI is InChI=1S/C17H19FO3/c1-11-4-6-16(20-2)13(8-11)10-15(19)12-5-7-17(21-3)14(18)9-12/h4-9,15,19H,10H2,1-3H3. The molecular formula is C17H19FO3. The fraction of sp³-hybridized carbons (Fsp3) is 0.294. The Morgan fingerprint density at radius 2 is 1.71 bits per heavy atom. The van der Waals surface area contributed by atoms with Crippen molar-refractivity contribution in [2.75, 3.05) is 14.2 Å². The van der Waals surface area contributed by atoms with Crippen molar-refractivity contribution in [3.05, 3.63) is 58.9 Å². The molecule has 2 aromatic rings. The summed E-state index contributed by atoms with van der Waals surface area (Å²) in [5, 5.41) is 10.3. The molecule has 0 bridgehead atoms. The number of aliphatic hydroxyl groups is 1. The van der Waals surface area contributed by atoms with Crippen molar-refractivity contribution in [3.8, 4) is 11.5 Å². The number of hydrogen-bond donors (Lipinski definition) is 1. The summed E-state index contributed by atoms with van der Waals surface area (Å²) in [6, 6.07) is 10.2. The molecule has 0 saturated carbocycles. The molecule has 1 N–H and O–H groups in total. The summed E-state index contributed by atoms with van der Waals surface area (Å²) in [6.45, 7) is 1.97. The van der Waals surface area contributed by atoms with Gasteiger partial charge in [-0.1, -0.05) is 23.8 Å². The lowest BCUT2D eigenvalue weighted by Gasteiger charge is -2.15. The number of benzene rings is 2. The Balaban J connectivity index is 2.23. The summed E-state index contributed by atoms with van der Waals surface area (Å²) in [5.41, 5.74) is 2.48. The normalized spacial score (nSPS) is 12.0. The van der Waals surface area contributed by atoms with Crippen LogP contribution in [0.3, 0.4) is 0 Å². The zero-order chi connectivity index (χ0) is 15.4. The lowest BCUT2D eigenvalue weighted by Crippen LogP contribution is -2.04. The van der Waals surface area contributed by atoms with Gasteiger partial charge in [0.25, 0.3) is 0 Å². The molecule has 0 spiro atoms. The first kappa shape index (κ1) is 15.3. The molecule has 0 saturated heterocycles. The van der Waals surface area contributed by atoms with E-state index in [1.165, 1.54) is 19.2 Å². The van der Waals surface area contributed by atoms with Crippen molar-refractivity contribution in [2.45, 2.75) is 19.4 Å². The highest BCUT2D eigenvalue weighted by Crippen LogP contribution is 2.28. The first-order valence-corrected chi connectivity index (χ1v) is 6.70. The van der Waals surface area contributed by atoms with Gasteiger partial charge in [-0.15, -0.1) is 0 Å². The molecule has 112 valence electrons. The number of methoxy groups -OCH3 is 2. The van der Waals surface area contributed by atoms with Gasteiger partial charge in [0.05, 0.1) is 20.3 Å². The van der Waals surface area contributed by atoms with E-state index in [0.29, 0.717) is 17.7 Å². The quantitative estimate of drug-likeness (QED) is 0.917. The molecule has 0 aliphatic heterocycles. The molecule has 2 aromatic carbocycles. The van der Waals surface area contributed by atoms with Crippen molar-refractivity contribution < 1.29 is 19.0 Å². The maximum atomic E-state index is 13.7. The van der Waals surface area contributed by atoms with Gasteiger partial charge in [-0.2, -0.15) is 0 Å². The maximum absolute atomic E-state index is 13.7. The third-order valence-corrected chi connectivity index (χ3v) is 3.41. The van der Waals surface area contributed by atoms with E-state index in [-0.39, 0.29) is 5.75 Å². The van der Waals surface area contributed by atoms with Gasteiger partial charge in [-0.25, -0.2) is 4.39 Å². The molecule has 0 aliphatic carbocycles. The van der Waals surface area contributed by atoms with Gasteiger partial charge in [0.15, 0.2) is 11.6 Å². The summed E-state index contributed by atoms with van der Waals surface area (Å²) in [7, 11) is 3.00. The largest absolute Gasteiger partial charge is 0.496 e. The number of ether oxygens (including phenoxy) is 2. The summed E-state index contributed by atoms with van der Waals surface area (Å²) < 4.78 is 23.9. The first-order valence-electron chi connectivity index (χ1n) is 6.70. The summed E-state index contributed by atoms with van der Waals surface area (Å²) in [4.78, 5) is 0. The Morgan fingerprint density at radius 3 is 2.33 bits per heavy atom. The molecule has 0 fully saturated rings. The van der Waals surface area contributed by atoms with Crippen LogP contribution >= 0.6 is 0 Å². The fourth-order valence-electron chi connectivity index (χ4n) is 2.28. The molecule has 1 atom stereocenters. The molecule has 1 unspecified atom stereocenters. The van der Waals surface area contributed by atoms with Crippen molar-refractivity contribution in [1.29, 1.82) is 0 Å². The van der Waals surface area contributed by atoms with Crippen LogP contribution in [0.25, 0.3) is 0 Å². The van der Waals surface area contributed by atoms with E-state index in [9.17, 15) is 9.50 Å². The van der Waals surface area contributed by atoms with E-state index in [1.54, 1.807) is 13.2 Å². The number of aliphatic hydroxyl groups excluding tert-OH is 1. The Labute approximate surface area is 124 Å². The zero-order valence-corrected chi connectivity index (χ0v) is 12.4. The molecule has 3 nitrogen and oxygen atoms in total. The van der Waals surface area contributed by atoms with Gasteiger partial charge in [0, 0.05) is 6.42 Å². The molecule has 4 heteroatoms. The first-order chi connectivity index (χ1) is 10.0. The van der Waals surface area contributed by atoms with E-state index >= 15 is 0 Å². The number of aryl methyl sites for hydroxylation is 1. The fourth-order valence-corrected chi connectivity index (χ4v) is 2.28. The van der Waals surface area contributed by atoms with Gasteiger partial charge < -0.3 is 14.6 Å². The molecule has 0 radical (unpaired) electrons. The summed E-state index contributed by atoms with van der Waals surface area (Å²) in [6.07, 6.45) is -0.447. The Bertz CT molecular complexity index is 625. The van der Waals surface area contributed by atoms with Gasteiger partial charge in [-0.3, -0.25) is 0 Å². The van der Waals surface area contributed by atoms with E-state index in [1.807, 2.05) is 25.1 Å². The van der Waals surface area contributed by atoms with Crippen molar-refractivity contribution >= 4 is 0 Å². The van der Waals surface area contributed by atoms with Gasteiger partial charge in [0.2, 0.25) is 0 Å². The Hall–Kier alpha value is -2.07. The minimum absolute atomic E-state index is 0.166. The monoisotopic (exact) mass is 290 g/mol. The minimum atomic E-state index is -0.805. The van der Waals surface area contributed by atoms with Crippen LogP contribution < -0.4 is 9.47 Å². The minimum Gasteiger partial charge on any atom is -0.496 e. The van der Waals surface area contributed by atoms with Crippen LogP contribution in [0, 0.1) is 12.7 Å². The topological polar surface area (TPSA) is 38.7 Å². The van der Waals surface area contributed by atoms with E-state index in [4.69, 9.17) is 9.47 Å². The van der Waals surface area contributed by atoms with Crippen molar-refractivity contribution in [1.82, 2.24) is 0 Å². The summed E-state index contributed by atoms with van der Waals surface area (Å²) >= 11 is 0. The molecule has 0 heterocycles. The van der Waals surface area contributed by atoms with E-state index < -0.39 is 11.9 Å². The lowest BCUT2D eigenvalue weighted by molar-refractivity contribution is 0.176. The highest BCUT2D eigenvalue weighted by molar-refractivity contribution is 5.38. The average molecular weight is 290 g/mol. The van der Waals surface area contributed by atoms with Crippen molar-refractivity contribution in [3.63, 3.8) is 0 Å². The highest BCUT2D eigenvalue weighted by atomic mass is 19.1. The molecule has 2 rings (SSSR count). The second-order valence-electron chi connectivity index (χ2n) is 4.93. The predicted molar refractivity (Wildman–Crippen MR) is 79.3 cm³/mol. The zero-order valence-electron chi connectivity index (χ0n) is 12.4.